The van der Waals surface area contributed by atoms with E-state index >= 15 is 0 Å². The molecule has 1 aromatic heterocycles. The number of carbonyl (C=O) groups excluding carboxylic acids is 2. The van der Waals surface area contributed by atoms with Gasteiger partial charge in [0.2, 0.25) is 0 Å². The average molecular weight is 440 g/mol. The van der Waals surface area contributed by atoms with Crippen molar-refractivity contribution in [3.63, 3.8) is 0 Å². The SMILES string of the molecule is COc1ccc2c(c1)c1c3c(c4c(c1n2CCCOC(C)=O)Cc1ccccc1-4)C(=O)NC3. The van der Waals surface area contributed by atoms with E-state index in [-0.39, 0.29) is 11.9 Å². The van der Waals surface area contributed by atoms with Crippen molar-refractivity contribution in [3.05, 3.63) is 64.7 Å². The number of hydrogen-bond donors (Lipinski definition) is 1. The molecule has 1 amide bonds. The van der Waals surface area contributed by atoms with Gasteiger partial charge < -0.3 is 19.4 Å². The fraction of sp³-hybridized carbons (Fsp3) is 0.259. The summed E-state index contributed by atoms with van der Waals surface area (Å²) in [6.45, 7) is 3.04. The Kier molecular flexibility index (Phi) is 4.43. The molecule has 1 aliphatic carbocycles. The number of methoxy groups -OCH3 is 1. The number of fused-ring (bicyclic) bond motifs is 10. The molecular formula is C27H24N2O4. The number of hydrogen-bond acceptors (Lipinski definition) is 4. The molecule has 3 aromatic carbocycles. The Morgan fingerprint density at radius 1 is 1.12 bits per heavy atom. The summed E-state index contributed by atoms with van der Waals surface area (Å²) in [6.07, 6.45) is 1.50. The molecule has 2 heterocycles. The van der Waals surface area contributed by atoms with Crippen molar-refractivity contribution in [1.29, 1.82) is 0 Å². The maximum Gasteiger partial charge on any atom is 0.302 e. The molecule has 0 bridgehead atoms. The molecular weight excluding hydrogens is 416 g/mol. The first-order chi connectivity index (χ1) is 16.1. The van der Waals surface area contributed by atoms with Crippen LogP contribution in [0.1, 0.15) is 40.4 Å². The summed E-state index contributed by atoms with van der Waals surface area (Å²) in [5.41, 5.74) is 8.80. The van der Waals surface area contributed by atoms with E-state index < -0.39 is 0 Å². The first-order valence-corrected chi connectivity index (χ1v) is 11.3. The Morgan fingerprint density at radius 2 is 1.97 bits per heavy atom. The molecule has 0 atom stereocenters. The Bertz CT molecular complexity index is 1480. The van der Waals surface area contributed by atoms with E-state index in [1.165, 1.54) is 23.6 Å². The fourth-order valence-corrected chi connectivity index (χ4v) is 5.56. The predicted octanol–water partition coefficient (Wildman–Crippen LogP) is 4.57. The van der Waals surface area contributed by atoms with Gasteiger partial charge in [0.15, 0.2) is 0 Å². The van der Waals surface area contributed by atoms with Crippen LogP contribution in [0.5, 0.6) is 5.75 Å². The lowest BCUT2D eigenvalue weighted by atomic mass is 9.92. The topological polar surface area (TPSA) is 69.6 Å². The van der Waals surface area contributed by atoms with E-state index in [2.05, 4.69) is 40.2 Å². The molecule has 0 saturated heterocycles. The third-order valence-electron chi connectivity index (χ3n) is 6.85. The van der Waals surface area contributed by atoms with Crippen molar-refractivity contribution in [2.45, 2.75) is 32.9 Å². The number of aryl methyl sites for hydroxylation is 1. The molecule has 1 aliphatic heterocycles. The van der Waals surface area contributed by atoms with Crippen molar-refractivity contribution >= 4 is 33.7 Å². The number of benzene rings is 3. The minimum absolute atomic E-state index is 0.00138. The third kappa shape index (κ3) is 2.86. The largest absolute Gasteiger partial charge is 0.497 e. The molecule has 0 saturated carbocycles. The summed E-state index contributed by atoms with van der Waals surface area (Å²) in [6, 6.07) is 14.5. The first-order valence-electron chi connectivity index (χ1n) is 11.3. The summed E-state index contributed by atoms with van der Waals surface area (Å²) in [7, 11) is 1.67. The lowest BCUT2D eigenvalue weighted by Gasteiger charge is -2.13. The van der Waals surface area contributed by atoms with Crippen molar-refractivity contribution in [3.8, 4) is 16.9 Å². The summed E-state index contributed by atoms with van der Waals surface area (Å²) in [4.78, 5) is 24.3. The normalized spacial score (nSPS) is 13.7. The van der Waals surface area contributed by atoms with Crippen LogP contribution in [0.25, 0.3) is 32.9 Å². The van der Waals surface area contributed by atoms with Crippen molar-refractivity contribution in [1.82, 2.24) is 9.88 Å². The van der Waals surface area contributed by atoms with Crippen LogP contribution < -0.4 is 10.1 Å². The van der Waals surface area contributed by atoms with Gasteiger partial charge in [-0.05, 0) is 46.9 Å². The number of amides is 1. The smallest absolute Gasteiger partial charge is 0.302 e. The second-order valence-electron chi connectivity index (χ2n) is 8.68. The van der Waals surface area contributed by atoms with E-state index in [0.717, 1.165) is 50.7 Å². The monoisotopic (exact) mass is 440 g/mol. The number of carbonyl (C=O) groups is 2. The van der Waals surface area contributed by atoms with Crippen LogP contribution in [0.3, 0.4) is 0 Å². The molecule has 0 spiro atoms. The van der Waals surface area contributed by atoms with Gasteiger partial charge in [0.05, 0.1) is 24.8 Å². The first kappa shape index (κ1) is 19.9. The fourth-order valence-electron chi connectivity index (χ4n) is 5.56. The van der Waals surface area contributed by atoms with Gasteiger partial charge in [-0.3, -0.25) is 9.59 Å². The lowest BCUT2D eigenvalue weighted by molar-refractivity contribution is -0.141. The average Bonchev–Trinajstić information content (AvgIpc) is 3.47. The molecule has 1 N–H and O–H groups in total. The molecule has 0 unspecified atom stereocenters. The minimum atomic E-state index is -0.263. The Labute approximate surface area is 191 Å². The second-order valence-corrected chi connectivity index (χ2v) is 8.68. The number of nitrogens with one attached hydrogen (secondary N) is 1. The second kappa shape index (κ2) is 7.37. The van der Waals surface area contributed by atoms with Crippen molar-refractivity contribution in [2.75, 3.05) is 13.7 Å². The molecule has 166 valence electrons. The Balaban J connectivity index is 1.67. The quantitative estimate of drug-likeness (QED) is 0.321. The highest BCUT2D eigenvalue weighted by molar-refractivity contribution is 6.20. The summed E-state index contributed by atoms with van der Waals surface area (Å²) < 4.78 is 13.1. The van der Waals surface area contributed by atoms with Gasteiger partial charge in [-0.2, -0.15) is 0 Å². The zero-order valence-corrected chi connectivity index (χ0v) is 18.7. The zero-order valence-electron chi connectivity index (χ0n) is 18.7. The van der Waals surface area contributed by atoms with Crippen LogP contribution in [-0.4, -0.2) is 30.2 Å². The predicted molar refractivity (Wildman–Crippen MR) is 127 cm³/mol. The molecule has 6 heteroatoms. The Morgan fingerprint density at radius 3 is 2.79 bits per heavy atom. The molecule has 0 radical (unpaired) electrons. The van der Waals surface area contributed by atoms with E-state index in [4.69, 9.17) is 9.47 Å². The van der Waals surface area contributed by atoms with Gasteiger partial charge in [-0.1, -0.05) is 24.3 Å². The van der Waals surface area contributed by atoms with Crippen molar-refractivity contribution < 1.29 is 19.1 Å². The standard InChI is InChI=1S/C27H24N2O4/c1-15(30)33-11-5-10-29-22-9-8-17(32-2)13-19(22)24-21-14-28-27(31)25(21)23-18-7-4-3-6-16(18)12-20(23)26(24)29/h3-4,6-9,13H,5,10-12,14H2,1-2H3,(H,28,31). The molecule has 6 nitrogen and oxygen atoms in total. The summed E-state index contributed by atoms with van der Waals surface area (Å²) in [5.74, 6) is 0.524. The van der Waals surface area contributed by atoms with Gasteiger partial charge in [0.25, 0.3) is 5.91 Å². The number of aromatic nitrogens is 1. The number of ether oxygens (including phenoxy) is 2. The highest BCUT2D eigenvalue weighted by Gasteiger charge is 2.35. The zero-order chi connectivity index (χ0) is 22.7. The highest BCUT2D eigenvalue weighted by Crippen LogP contribution is 2.49. The van der Waals surface area contributed by atoms with E-state index in [1.54, 1.807) is 7.11 Å². The Hall–Kier alpha value is -3.80. The van der Waals surface area contributed by atoms with Gasteiger partial charge in [0.1, 0.15) is 5.75 Å². The number of esters is 1. The summed E-state index contributed by atoms with van der Waals surface area (Å²) >= 11 is 0. The van der Waals surface area contributed by atoms with Crippen LogP contribution in [0, 0.1) is 0 Å². The van der Waals surface area contributed by atoms with Crippen LogP contribution in [0.2, 0.25) is 0 Å². The van der Waals surface area contributed by atoms with Gasteiger partial charge in [-0.15, -0.1) is 0 Å². The van der Waals surface area contributed by atoms with Gasteiger partial charge in [-0.25, -0.2) is 0 Å². The van der Waals surface area contributed by atoms with E-state index in [9.17, 15) is 9.59 Å². The third-order valence-corrected chi connectivity index (χ3v) is 6.85. The maximum atomic E-state index is 13.0. The molecule has 6 rings (SSSR count). The van der Waals surface area contributed by atoms with E-state index in [1.807, 2.05) is 12.1 Å². The molecule has 0 fully saturated rings. The van der Waals surface area contributed by atoms with Crippen LogP contribution >= 0.6 is 0 Å². The van der Waals surface area contributed by atoms with Crippen LogP contribution in [0.15, 0.2) is 42.5 Å². The molecule has 4 aromatic rings. The molecule has 33 heavy (non-hydrogen) atoms. The highest BCUT2D eigenvalue weighted by atomic mass is 16.5. The maximum absolute atomic E-state index is 13.0. The van der Waals surface area contributed by atoms with Crippen molar-refractivity contribution in [2.24, 2.45) is 0 Å². The summed E-state index contributed by atoms with van der Waals surface area (Å²) in [5, 5.41) is 5.28. The minimum Gasteiger partial charge on any atom is -0.497 e. The van der Waals surface area contributed by atoms with E-state index in [0.29, 0.717) is 26.1 Å². The van der Waals surface area contributed by atoms with Crippen LogP contribution in [-0.2, 0) is 29.0 Å². The van der Waals surface area contributed by atoms with Gasteiger partial charge in [0, 0.05) is 48.3 Å². The van der Waals surface area contributed by atoms with Crippen LogP contribution in [0.4, 0.5) is 0 Å². The number of rotatable bonds is 5. The lowest BCUT2D eigenvalue weighted by Crippen LogP contribution is -2.13. The number of nitrogens with zero attached hydrogens (tertiary/aromatic N) is 1. The van der Waals surface area contributed by atoms with Gasteiger partial charge >= 0.3 is 5.97 Å². The molecule has 2 aliphatic rings.